The van der Waals surface area contributed by atoms with Crippen LogP contribution in [-0.2, 0) is 7.05 Å². The van der Waals surface area contributed by atoms with Gasteiger partial charge in [-0.15, -0.1) is 0 Å². The summed E-state index contributed by atoms with van der Waals surface area (Å²) in [6.07, 6.45) is 1.88. The molecule has 2 rings (SSSR count). The summed E-state index contributed by atoms with van der Waals surface area (Å²) in [5.74, 6) is 0.0957. The standard InChI is InChI=1S/C14H14ClNO/c1-9-13(10(2)17)8-16(3)14(9)11-4-6-12(15)7-5-11/h4-8H,1-3H3. The minimum absolute atomic E-state index is 0.0957. The molecule has 0 saturated carbocycles. The van der Waals surface area contributed by atoms with Crippen molar-refractivity contribution in [1.82, 2.24) is 4.57 Å². The van der Waals surface area contributed by atoms with Gasteiger partial charge in [-0.3, -0.25) is 4.79 Å². The Balaban J connectivity index is 2.59. The summed E-state index contributed by atoms with van der Waals surface area (Å²) in [6, 6.07) is 7.65. The van der Waals surface area contributed by atoms with Gasteiger partial charge in [-0.05, 0) is 37.1 Å². The number of Topliss-reactive ketones (excluding diaryl/α,β-unsaturated/α-hetero) is 1. The van der Waals surface area contributed by atoms with Crippen molar-refractivity contribution < 1.29 is 4.79 Å². The van der Waals surface area contributed by atoms with Gasteiger partial charge in [0, 0.05) is 23.8 Å². The fourth-order valence-corrected chi connectivity index (χ4v) is 2.26. The fourth-order valence-electron chi connectivity index (χ4n) is 2.13. The van der Waals surface area contributed by atoms with Crippen LogP contribution in [0.1, 0.15) is 22.8 Å². The van der Waals surface area contributed by atoms with Crippen LogP contribution in [0.5, 0.6) is 0 Å². The van der Waals surface area contributed by atoms with Gasteiger partial charge >= 0.3 is 0 Å². The average Bonchev–Trinajstić information content (AvgIpc) is 2.56. The van der Waals surface area contributed by atoms with Crippen molar-refractivity contribution in [2.45, 2.75) is 13.8 Å². The van der Waals surface area contributed by atoms with E-state index in [1.54, 1.807) is 6.92 Å². The number of aryl methyl sites for hydroxylation is 1. The summed E-state index contributed by atoms with van der Waals surface area (Å²) in [4.78, 5) is 11.5. The van der Waals surface area contributed by atoms with E-state index in [4.69, 9.17) is 11.6 Å². The Morgan fingerprint density at radius 1 is 1.24 bits per heavy atom. The zero-order chi connectivity index (χ0) is 12.6. The molecule has 0 N–H and O–H groups in total. The maximum atomic E-state index is 11.5. The number of carbonyl (C=O) groups excluding carboxylic acids is 1. The smallest absolute Gasteiger partial charge is 0.161 e. The molecule has 2 aromatic rings. The Labute approximate surface area is 106 Å². The molecule has 3 heteroatoms. The minimum Gasteiger partial charge on any atom is -0.350 e. The number of hydrogen-bond acceptors (Lipinski definition) is 1. The van der Waals surface area contributed by atoms with Crippen LogP contribution in [-0.4, -0.2) is 10.4 Å². The monoisotopic (exact) mass is 247 g/mol. The van der Waals surface area contributed by atoms with Crippen LogP contribution in [0.15, 0.2) is 30.5 Å². The molecular weight excluding hydrogens is 234 g/mol. The minimum atomic E-state index is 0.0957. The number of ketones is 1. The zero-order valence-corrected chi connectivity index (χ0v) is 10.9. The second-order valence-corrected chi connectivity index (χ2v) is 4.63. The molecule has 0 aliphatic carbocycles. The summed E-state index contributed by atoms with van der Waals surface area (Å²) in [5, 5.41) is 0.715. The van der Waals surface area contributed by atoms with Crippen LogP contribution in [0.25, 0.3) is 11.3 Å². The highest BCUT2D eigenvalue weighted by Gasteiger charge is 2.14. The topological polar surface area (TPSA) is 22.0 Å². The Hall–Kier alpha value is -1.54. The highest BCUT2D eigenvalue weighted by Crippen LogP contribution is 2.28. The molecule has 0 radical (unpaired) electrons. The van der Waals surface area contributed by atoms with E-state index in [0.29, 0.717) is 5.02 Å². The first-order valence-electron chi connectivity index (χ1n) is 5.43. The van der Waals surface area contributed by atoms with Crippen LogP contribution < -0.4 is 0 Å². The molecular formula is C14H14ClNO. The maximum Gasteiger partial charge on any atom is 0.161 e. The van der Waals surface area contributed by atoms with Crippen LogP contribution in [0.2, 0.25) is 5.02 Å². The third-order valence-corrected chi connectivity index (χ3v) is 3.18. The SMILES string of the molecule is CC(=O)c1cn(C)c(-c2ccc(Cl)cc2)c1C. The van der Waals surface area contributed by atoms with Crippen molar-refractivity contribution >= 4 is 17.4 Å². The lowest BCUT2D eigenvalue weighted by molar-refractivity contribution is 0.101. The van der Waals surface area contributed by atoms with Crippen molar-refractivity contribution in [2.75, 3.05) is 0 Å². The first-order valence-corrected chi connectivity index (χ1v) is 5.81. The molecule has 2 nitrogen and oxygen atoms in total. The van der Waals surface area contributed by atoms with Gasteiger partial charge in [0.15, 0.2) is 5.78 Å². The van der Waals surface area contributed by atoms with E-state index in [-0.39, 0.29) is 5.78 Å². The van der Waals surface area contributed by atoms with Crippen molar-refractivity contribution in [3.8, 4) is 11.3 Å². The van der Waals surface area contributed by atoms with Crippen LogP contribution in [0, 0.1) is 6.92 Å². The van der Waals surface area contributed by atoms with Gasteiger partial charge in [0.1, 0.15) is 0 Å². The number of hydrogen-bond donors (Lipinski definition) is 0. The van der Waals surface area contributed by atoms with Gasteiger partial charge in [-0.1, -0.05) is 23.7 Å². The number of aromatic nitrogens is 1. The maximum absolute atomic E-state index is 11.5. The molecule has 0 aliphatic rings. The van der Waals surface area contributed by atoms with Crippen molar-refractivity contribution in [2.24, 2.45) is 7.05 Å². The van der Waals surface area contributed by atoms with Gasteiger partial charge in [-0.2, -0.15) is 0 Å². The average molecular weight is 248 g/mol. The highest BCUT2D eigenvalue weighted by molar-refractivity contribution is 6.30. The second-order valence-electron chi connectivity index (χ2n) is 4.19. The molecule has 1 heterocycles. The summed E-state index contributed by atoms with van der Waals surface area (Å²) < 4.78 is 1.98. The molecule has 0 unspecified atom stereocenters. The Morgan fingerprint density at radius 2 is 1.82 bits per heavy atom. The molecule has 1 aromatic carbocycles. The lowest BCUT2D eigenvalue weighted by atomic mass is 10.0. The molecule has 0 amide bonds. The van der Waals surface area contributed by atoms with E-state index < -0.39 is 0 Å². The van der Waals surface area contributed by atoms with E-state index in [0.717, 1.165) is 22.4 Å². The molecule has 0 atom stereocenters. The van der Waals surface area contributed by atoms with E-state index in [1.165, 1.54) is 0 Å². The third kappa shape index (κ3) is 2.13. The number of halogens is 1. The molecule has 1 aromatic heterocycles. The predicted molar refractivity (Wildman–Crippen MR) is 70.6 cm³/mol. The lowest BCUT2D eigenvalue weighted by Gasteiger charge is -2.05. The first kappa shape index (κ1) is 11.9. The van der Waals surface area contributed by atoms with Crippen molar-refractivity contribution in [3.63, 3.8) is 0 Å². The summed E-state index contributed by atoms with van der Waals surface area (Å²) in [6.45, 7) is 3.56. The van der Waals surface area contributed by atoms with Crippen molar-refractivity contribution in [1.29, 1.82) is 0 Å². The molecule has 0 spiro atoms. The number of carbonyl (C=O) groups is 1. The predicted octanol–water partition coefficient (Wildman–Crippen LogP) is 3.86. The van der Waals surface area contributed by atoms with Gasteiger partial charge in [0.2, 0.25) is 0 Å². The lowest BCUT2D eigenvalue weighted by Crippen LogP contribution is -1.91. The van der Waals surface area contributed by atoms with Gasteiger partial charge < -0.3 is 4.57 Å². The highest BCUT2D eigenvalue weighted by atomic mass is 35.5. The Kier molecular flexibility index (Phi) is 3.07. The zero-order valence-electron chi connectivity index (χ0n) is 10.1. The quantitative estimate of drug-likeness (QED) is 0.739. The summed E-state index contributed by atoms with van der Waals surface area (Å²) >= 11 is 5.87. The Bertz CT molecular complexity index is 567. The number of nitrogens with zero attached hydrogens (tertiary/aromatic N) is 1. The van der Waals surface area contributed by atoms with E-state index in [2.05, 4.69) is 0 Å². The summed E-state index contributed by atoms with van der Waals surface area (Å²) in [7, 11) is 1.95. The van der Waals surface area contributed by atoms with E-state index in [1.807, 2.05) is 49.0 Å². The van der Waals surface area contributed by atoms with Crippen LogP contribution >= 0.6 is 11.6 Å². The Morgan fingerprint density at radius 3 is 2.29 bits per heavy atom. The van der Waals surface area contributed by atoms with Crippen LogP contribution in [0.4, 0.5) is 0 Å². The summed E-state index contributed by atoms with van der Waals surface area (Å²) in [5.41, 5.74) is 3.92. The third-order valence-electron chi connectivity index (χ3n) is 2.93. The van der Waals surface area contributed by atoms with Crippen molar-refractivity contribution in [3.05, 3.63) is 46.6 Å². The van der Waals surface area contributed by atoms with Gasteiger partial charge in [-0.25, -0.2) is 0 Å². The normalized spacial score (nSPS) is 10.6. The molecule has 88 valence electrons. The van der Waals surface area contributed by atoms with Gasteiger partial charge in [0.25, 0.3) is 0 Å². The number of rotatable bonds is 2. The fraction of sp³-hybridized carbons (Fsp3) is 0.214. The van der Waals surface area contributed by atoms with E-state index >= 15 is 0 Å². The molecule has 0 saturated heterocycles. The van der Waals surface area contributed by atoms with Crippen LogP contribution in [0.3, 0.4) is 0 Å². The van der Waals surface area contributed by atoms with Gasteiger partial charge in [0.05, 0.1) is 5.69 Å². The largest absolute Gasteiger partial charge is 0.350 e. The molecule has 0 aliphatic heterocycles. The van der Waals surface area contributed by atoms with E-state index in [9.17, 15) is 4.79 Å². The molecule has 0 bridgehead atoms. The first-order chi connectivity index (χ1) is 8.00. The second kappa shape index (κ2) is 4.38. The molecule has 0 fully saturated rings. The molecule has 17 heavy (non-hydrogen) atoms. The number of benzene rings is 1.